The maximum absolute atomic E-state index is 15.0. The van der Waals surface area contributed by atoms with Crippen molar-refractivity contribution in [3.8, 4) is 5.75 Å². The zero-order chi connectivity index (χ0) is 29.9. The molecule has 0 spiro atoms. The second kappa shape index (κ2) is 9.52. The van der Waals surface area contributed by atoms with Gasteiger partial charge in [0.25, 0.3) is 5.91 Å². The van der Waals surface area contributed by atoms with Crippen LogP contribution < -0.4 is 10.1 Å². The van der Waals surface area contributed by atoms with E-state index in [0.717, 1.165) is 18.7 Å². The van der Waals surface area contributed by atoms with E-state index in [-0.39, 0.29) is 16.9 Å². The van der Waals surface area contributed by atoms with Crippen LogP contribution in [-0.4, -0.2) is 59.9 Å². The van der Waals surface area contributed by atoms with Crippen molar-refractivity contribution in [1.29, 1.82) is 0 Å². The average molecular weight is 475 g/mol. The molecule has 0 aliphatic carbocycles. The Bertz CT molecular complexity index is 1450. The minimum absolute atomic E-state index is 0.0913. The lowest BCUT2D eigenvalue weighted by Crippen LogP contribution is -2.52. The maximum Gasteiger partial charge on any atom is 0.255 e. The summed E-state index contributed by atoms with van der Waals surface area (Å²) in [5.41, 5.74) is 0.359. The van der Waals surface area contributed by atoms with E-state index in [0.29, 0.717) is 24.7 Å². The molecule has 9 heteroatoms. The van der Waals surface area contributed by atoms with Gasteiger partial charge in [0.1, 0.15) is 24.2 Å². The number of imide groups is 1. The minimum Gasteiger partial charge on any atom is -0.488 e. The Morgan fingerprint density at radius 2 is 2.06 bits per heavy atom. The Kier molecular flexibility index (Phi) is 4.36. The van der Waals surface area contributed by atoms with Gasteiger partial charge in [-0.2, -0.15) is 0 Å². The third kappa shape index (κ3) is 4.53. The van der Waals surface area contributed by atoms with Gasteiger partial charge in [-0.3, -0.25) is 24.6 Å². The van der Waals surface area contributed by atoms with Crippen LogP contribution in [0.5, 0.6) is 5.75 Å². The number of piperidine rings is 1. The number of hydrogen-bond donors (Lipinski definition) is 1. The highest BCUT2D eigenvalue weighted by Gasteiger charge is 2.40. The largest absolute Gasteiger partial charge is 0.488 e. The Balaban J connectivity index is 1.42. The summed E-state index contributed by atoms with van der Waals surface area (Å²) in [5, 5.41) is 1.74. The zero-order valence-electron chi connectivity index (χ0n) is 25.1. The molecule has 3 heterocycles. The molecule has 2 fully saturated rings. The van der Waals surface area contributed by atoms with Gasteiger partial charge in [-0.25, -0.2) is 4.39 Å². The molecule has 3 aliphatic heterocycles. The molecule has 2 aromatic carbocycles. The molecule has 0 saturated carbocycles. The van der Waals surface area contributed by atoms with Crippen LogP contribution in [0.3, 0.4) is 0 Å². The number of halogens is 1. The van der Waals surface area contributed by atoms with Gasteiger partial charge < -0.3 is 14.4 Å². The monoisotopic (exact) mass is 474 g/mol. The molecule has 0 unspecified atom stereocenters. The first-order chi connectivity index (χ1) is 19.3. The van der Waals surface area contributed by atoms with E-state index < -0.39 is 79.2 Å². The lowest BCUT2D eigenvalue weighted by molar-refractivity contribution is -0.136. The molecule has 1 atom stereocenters. The Hall–Kier alpha value is -3.30. The predicted molar refractivity (Wildman–Crippen MR) is 119 cm³/mol. The smallest absolute Gasteiger partial charge is 0.255 e. The third-order valence-electron chi connectivity index (χ3n) is 5.86. The number of rotatable bonds is 6. The Labute approximate surface area is 206 Å². The number of morpholine rings is 1. The Morgan fingerprint density at radius 3 is 2.85 bits per heavy atom. The zero-order valence-corrected chi connectivity index (χ0v) is 18.1. The van der Waals surface area contributed by atoms with Crippen molar-refractivity contribution in [1.82, 2.24) is 15.1 Å². The van der Waals surface area contributed by atoms with Crippen LogP contribution in [0.2, 0.25) is 0 Å². The first-order valence-electron chi connectivity index (χ1n) is 14.2. The summed E-state index contributed by atoms with van der Waals surface area (Å²) in [5.74, 6) is -4.68. The van der Waals surface area contributed by atoms with Gasteiger partial charge in [0, 0.05) is 48.2 Å². The number of nitrogens with zero attached hydrogens (tertiary/aromatic N) is 2. The molecular weight excluding hydrogens is 441 g/mol. The summed E-state index contributed by atoms with van der Waals surface area (Å²) in [6.45, 7) is 2.23. The van der Waals surface area contributed by atoms with E-state index in [1.807, 2.05) is 0 Å². The molecule has 2 aromatic rings. The topological polar surface area (TPSA) is 88.2 Å². The molecule has 5 rings (SSSR count). The summed E-state index contributed by atoms with van der Waals surface area (Å²) < 4.78 is 83.1. The number of benzene rings is 2. The molecule has 2 saturated heterocycles. The van der Waals surface area contributed by atoms with Gasteiger partial charge in [0.2, 0.25) is 11.8 Å². The fraction of sp³-hybridized carbons (Fsp3) is 0.400. The van der Waals surface area contributed by atoms with E-state index in [1.165, 1.54) is 12.1 Å². The van der Waals surface area contributed by atoms with E-state index in [2.05, 4.69) is 4.90 Å². The number of ether oxygens (including phenoxy) is 2. The molecule has 8 nitrogen and oxygen atoms in total. The number of amides is 3. The number of carbonyl (C=O) groups is 3. The standard InChI is InChI=1S/C25H26FN3O5/c26-20-12-16(13-28-8-10-33-11-9-28)4-5-17(20)15-34-22-3-1-2-18-19(22)14-29(25(18)32)21-6-7-23(30)27-24(21)31/h1-5,12,21H,6-11,13-15H2,(H,27,30,31)/t21-/m0/s1/i1D,2D,3D,6D2,7D2. The van der Waals surface area contributed by atoms with Crippen LogP contribution >= 0.6 is 0 Å². The van der Waals surface area contributed by atoms with Gasteiger partial charge in [-0.1, -0.05) is 18.2 Å². The van der Waals surface area contributed by atoms with Crippen molar-refractivity contribution in [3.05, 3.63) is 64.4 Å². The van der Waals surface area contributed by atoms with Crippen molar-refractivity contribution < 1.29 is 37.8 Å². The van der Waals surface area contributed by atoms with Crippen molar-refractivity contribution in [2.45, 2.75) is 38.5 Å². The normalized spacial score (nSPS) is 26.9. The summed E-state index contributed by atoms with van der Waals surface area (Å²) >= 11 is 0. The number of nitrogens with one attached hydrogen (secondary N) is 1. The van der Waals surface area contributed by atoms with Crippen LogP contribution in [0.15, 0.2) is 36.3 Å². The molecule has 34 heavy (non-hydrogen) atoms. The minimum atomic E-state index is -3.17. The molecule has 0 aromatic heterocycles. The van der Waals surface area contributed by atoms with E-state index in [9.17, 15) is 18.8 Å². The van der Waals surface area contributed by atoms with Crippen LogP contribution in [0.1, 0.15) is 49.4 Å². The quantitative estimate of drug-likeness (QED) is 0.645. The van der Waals surface area contributed by atoms with Gasteiger partial charge in [0.15, 0.2) is 0 Å². The fourth-order valence-electron chi connectivity index (χ4n) is 4.07. The lowest BCUT2D eigenvalue weighted by atomic mass is 10.0. The average Bonchev–Trinajstić information content (AvgIpc) is 3.24. The van der Waals surface area contributed by atoms with Gasteiger partial charge >= 0.3 is 0 Å². The number of carbonyl (C=O) groups excluding carboxylic acids is 3. The molecule has 3 amide bonds. The summed E-state index contributed by atoms with van der Waals surface area (Å²) in [6, 6.07) is 0.643. The van der Waals surface area contributed by atoms with Crippen LogP contribution in [0, 0.1) is 5.82 Å². The first kappa shape index (κ1) is 15.6. The Morgan fingerprint density at radius 1 is 1.24 bits per heavy atom. The molecule has 0 radical (unpaired) electrons. The number of fused-ring (bicyclic) bond motifs is 1. The van der Waals surface area contributed by atoms with Crippen molar-refractivity contribution in [2.24, 2.45) is 0 Å². The van der Waals surface area contributed by atoms with Crippen LogP contribution in [0.25, 0.3) is 0 Å². The van der Waals surface area contributed by atoms with Crippen molar-refractivity contribution in [3.63, 3.8) is 0 Å². The van der Waals surface area contributed by atoms with Gasteiger partial charge in [-0.05, 0) is 30.1 Å². The highest BCUT2D eigenvalue weighted by Crippen LogP contribution is 2.34. The summed E-state index contributed by atoms with van der Waals surface area (Å²) in [7, 11) is 0. The predicted octanol–water partition coefficient (Wildman–Crippen LogP) is 2.00. The highest BCUT2D eigenvalue weighted by molar-refractivity contribution is 6.05. The van der Waals surface area contributed by atoms with E-state index in [4.69, 9.17) is 19.1 Å². The molecule has 178 valence electrons. The molecule has 0 bridgehead atoms. The van der Waals surface area contributed by atoms with Gasteiger partial charge in [-0.15, -0.1) is 0 Å². The van der Waals surface area contributed by atoms with Crippen molar-refractivity contribution >= 4 is 17.7 Å². The highest BCUT2D eigenvalue weighted by atomic mass is 19.1. The third-order valence-corrected chi connectivity index (χ3v) is 5.86. The maximum atomic E-state index is 15.0. The van der Waals surface area contributed by atoms with Crippen LogP contribution in [0.4, 0.5) is 4.39 Å². The molecule has 3 aliphatic rings. The van der Waals surface area contributed by atoms with Crippen molar-refractivity contribution in [2.75, 3.05) is 26.3 Å². The van der Waals surface area contributed by atoms with Gasteiger partial charge in [0.05, 0.1) is 23.9 Å². The van der Waals surface area contributed by atoms with Crippen LogP contribution in [-0.2, 0) is 34.0 Å². The first-order valence-corrected chi connectivity index (χ1v) is 10.7. The lowest BCUT2D eigenvalue weighted by Gasteiger charge is -2.29. The second-order valence-electron chi connectivity index (χ2n) is 8.08. The fourth-order valence-corrected chi connectivity index (χ4v) is 4.07. The van der Waals surface area contributed by atoms with E-state index in [1.54, 1.807) is 11.4 Å². The van der Waals surface area contributed by atoms with E-state index >= 15 is 0 Å². The number of hydrogen-bond acceptors (Lipinski definition) is 6. The SMILES string of the molecule is [2H]c1c([2H])c(OCc2ccc(CN3CCOCC3)cc2F)c2c(c1[2H])C(=O)N([C@@H]1C(=O)NC(=O)C([2H])([2H])C1([2H])[2H])C2. The molecular formula is C25H26FN3O5. The summed E-state index contributed by atoms with van der Waals surface area (Å²) in [4.78, 5) is 40.8. The summed E-state index contributed by atoms with van der Waals surface area (Å²) in [6.07, 6.45) is -6.32. The molecule has 1 N–H and O–H groups in total. The second-order valence-corrected chi connectivity index (χ2v) is 8.08.